The van der Waals surface area contributed by atoms with Gasteiger partial charge in [0.2, 0.25) is 0 Å². The molecule has 0 saturated carbocycles. The normalized spacial score (nSPS) is 14.9. The Morgan fingerprint density at radius 2 is 1.59 bits per heavy atom. The predicted octanol–water partition coefficient (Wildman–Crippen LogP) is 2.53. The number of hydrogen-bond donors (Lipinski definition) is 3. The first-order valence-corrected chi connectivity index (χ1v) is 9.82. The van der Waals surface area contributed by atoms with Gasteiger partial charge in [-0.1, -0.05) is 0 Å². The minimum absolute atomic E-state index is 0. The van der Waals surface area contributed by atoms with E-state index in [2.05, 4.69) is 15.4 Å². The van der Waals surface area contributed by atoms with Crippen molar-refractivity contribution in [2.24, 2.45) is 0 Å². The number of carbonyl (C=O) groups is 1. The monoisotopic (exact) mass is 413 g/mol. The van der Waals surface area contributed by atoms with Crippen molar-refractivity contribution in [2.75, 3.05) is 17.8 Å². The largest absolute Gasteiger partial charge is 0.349 e. The van der Waals surface area contributed by atoms with Gasteiger partial charge in [0.05, 0.1) is 4.90 Å². The average Bonchev–Trinajstić information content (AvgIpc) is 2.64. The first-order chi connectivity index (χ1) is 12.4. The minimum atomic E-state index is -3.81. The summed E-state index contributed by atoms with van der Waals surface area (Å²) in [4.78, 5) is 12.3. The van der Waals surface area contributed by atoms with Crippen LogP contribution in [0.3, 0.4) is 0 Å². The van der Waals surface area contributed by atoms with Crippen LogP contribution in [0.25, 0.3) is 0 Å². The van der Waals surface area contributed by atoms with Crippen molar-refractivity contribution in [3.63, 3.8) is 0 Å². The molecule has 0 atom stereocenters. The van der Waals surface area contributed by atoms with Gasteiger partial charge in [-0.2, -0.15) is 0 Å². The Morgan fingerprint density at radius 1 is 1.00 bits per heavy atom. The van der Waals surface area contributed by atoms with Crippen LogP contribution in [-0.2, 0) is 10.0 Å². The van der Waals surface area contributed by atoms with E-state index in [1.54, 1.807) is 0 Å². The Morgan fingerprint density at radius 3 is 2.19 bits per heavy atom. The molecule has 3 rings (SSSR count). The van der Waals surface area contributed by atoms with E-state index >= 15 is 0 Å². The highest BCUT2D eigenvalue weighted by atomic mass is 35.5. The topological polar surface area (TPSA) is 87.3 Å². The Labute approximate surface area is 164 Å². The third-order valence-electron chi connectivity index (χ3n) is 4.20. The fraction of sp³-hybridized carbons (Fsp3) is 0.278. The molecular formula is C18H21ClFN3O3S. The molecule has 0 unspecified atom stereocenters. The lowest BCUT2D eigenvalue weighted by Crippen LogP contribution is -2.42. The fourth-order valence-electron chi connectivity index (χ4n) is 2.75. The number of nitrogens with one attached hydrogen (secondary N) is 3. The lowest BCUT2D eigenvalue weighted by Gasteiger charge is -2.23. The SMILES string of the molecule is Cl.O=C(NC1CCNCC1)c1ccc(S(=O)(=O)Nc2ccc(F)cc2)cc1. The van der Waals surface area contributed by atoms with Crippen molar-refractivity contribution in [3.8, 4) is 0 Å². The Balaban J connectivity index is 0.00000261. The predicted molar refractivity (Wildman–Crippen MR) is 104 cm³/mol. The van der Waals surface area contributed by atoms with Crippen LogP contribution in [0.2, 0.25) is 0 Å². The Hall–Kier alpha value is -2.16. The molecular weight excluding hydrogens is 393 g/mol. The summed E-state index contributed by atoms with van der Waals surface area (Å²) < 4.78 is 40.0. The van der Waals surface area contributed by atoms with Crippen LogP contribution in [0.15, 0.2) is 53.4 Å². The van der Waals surface area contributed by atoms with Crippen LogP contribution < -0.4 is 15.4 Å². The zero-order valence-electron chi connectivity index (χ0n) is 14.4. The van der Waals surface area contributed by atoms with Crippen molar-refractivity contribution >= 4 is 34.0 Å². The third-order valence-corrected chi connectivity index (χ3v) is 5.59. The lowest BCUT2D eigenvalue weighted by molar-refractivity contribution is 0.0929. The van der Waals surface area contributed by atoms with Crippen LogP contribution in [0, 0.1) is 5.82 Å². The van der Waals surface area contributed by atoms with Gasteiger partial charge in [-0.25, -0.2) is 12.8 Å². The molecule has 0 radical (unpaired) electrons. The van der Waals surface area contributed by atoms with E-state index < -0.39 is 15.8 Å². The molecule has 1 amide bonds. The number of halogens is 2. The number of anilines is 1. The first-order valence-electron chi connectivity index (χ1n) is 8.34. The molecule has 146 valence electrons. The first kappa shape index (κ1) is 21.1. The van der Waals surface area contributed by atoms with Gasteiger partial charge < -0.3 is 10.6 Å². The molecule has 1 fully saturated rings. The summed E-state index contributed by atoms with van der Waals surface area (Å²) >= 11 is 0. The van der Waals surface area contributed by atoms with Crippen molar-refractivity contribution in [2.45, 2.75) is 23.8 Å². The van der Waals surface area contributed by atoms with Gasteiger partial charge in [-0.15, -0.1) is 12.4 Å². The van der Waals surface area contributed by atoms with Gasteiger partial charge in [0.25, 0.3) is 15.9 Å². The van der Waals surface area contributed by atoms with E-state index in [4.69, 9.17) is 0 Å². The number of carbonyl (C=O) groups excluding carboxylic acids is 1. The zero-order valence-corrected chi connectivity index (χ0v) is 16.1. The molecule has 3 N–H and O–H groups in total. The highest BCUT2D eigenvalue weighted by molar-refractivity contribution is 7.92. The number of hydrogen-bond acceptors (Lipinski definition) is 4. The van der Waals surface area contributed by atoms with Gasteiger partial charge in [0.15, 0.2) is 0 Å². The molecule has 1 saturated heterocycles. The van der Waals surface area contributed by atoms with Crippen LogP contribution in [0.1, 0.15) is 23.2 Å². The van der Waals surface area contributed by atoms with Gasteiger partial charge >= 0.3 is 0 Å². The summed E-state index contributed by atoms with van der Waals surface area (Å²) in [5, 5.41) is 6.19. The minimum Gasteiger partial charge on any atom is -0.349 e. The summed E-state index contributed by atoms with van der Waals surface area (Å²) in [7, 11) is -3.81. The highest BCUT2D eigenvalue weighted by Crippen LogP contribution is 2.17. The molecule has 1 heterocycles. The molecule has 6 nitrogen and oxygen atoms in total. The number of amides is 1. The van der Waals surface area contributed by atoms with E-state index in [0.29, 0.717) is 5.56 Å². The number of piperidine rings is 1. The van der Waals surface area contributed by atoms with Gasteiger partial charge in [0, 0.05) is 17.3 Å². The van der Waals surface area contributed by atoms with Crippen LogP contribution in [0.5, 0.6) is 0 Å². The van der Waals surface area contributed by atoms with Crippen molar-refractivity contribution in [1.82, 2.24) is 10.6 Å². The Bertz CT molecular complexity index is 868. The summed E-state index contributed by atoms with van der Waals surface area (Å²) in [5.41, 5.74) is 0.670. The maximum absolute atomic E-state index is 12.9. The summed E-state index contributed by atoms with van der Waals surface area (Å²) in [6.45, 7) is 1.74. The lowest BCUT2D eigenvalue weighted by atomic mass is 10.1. The zero-order chi connectivity index (χ0) is 18.6. The molecule has 0 bridgehead atoms. The van der Waals surface area contributed by atoms with Crippen molar-refractivity contribution in [3.05, 3.63) is 59.9 Å². The maximum atomic E-state index is 12.9. The number of benzene rings is 2. The standard InChI is InChI=1S/C18H20FN3O3S.ClH/c19-14-3-5-16(6-4-14)22-26(24,25)17-7-1-13(2-8-17)18(23)21-15-9-11-20-12-10-15;/h1-8,15,20,22H,9-12H2,(H,21,23);1H. The molecule has 0 aromatic heterocycles. The summed E-state index contributed by atoms with van der Waals surface area (Å²) in [6.07, 6.45) is 1.75. The Kier molecular flexibility index (Phi) is 7.18. The second-order valence-corrected chi connectivity index (χ2v) is 7.82. The van der Waals surface area contributed by atoms with E-state index in [1.165, 1.54) is 48.5 Å². The smallest absolute Gasteiger partial charge is 0.261 e. The summed E-state index contributed by atoms with van der Waals surface area (Å²) in [5.74, 6) is -0.663. The van der Waals surface area contributed by atoms with E-state index in [1.807, 2.05) is 0 Å². The highest BCUT2D eigenvalue weighted by Gasteiger charge is 2.18. The van der Waals surface area contributed by atoms with Crippen molar-refractivity contribution < 1.29 is 17.6 Å². The van der Waals surface area contributed by atoms with Crippen LogP contribution >= 0.6 is 12.4 Å². The second-order valence-electron chi connectivity index (χ2n) is 6.13. The average molecular weight is 414 g/mol. The molecule has 1 aliphatic heterocycles. The molecule has 2 aromatic rings. The van der Waals surface area contributed by atoms with Gasteiger partial charge in [-0.05, 0) is 74.5 Å². The molecule has 9 heteroatoms. The second kappa shape index (κ2) is 9.16. The molecule has 2 aromatic carbocycles. The van der Waals surface area contributed by atoms with E-state index in [0.717, 1.165) is 25.9 Å². The molecule has 0 spiro atoms. The number of rotatable bonds is 5. The fourth-order valence-corrected chi connectivity index (χ4v) is 3.81. The summed E-state index contributed by atoms with van der Waals surface area (Å²) in [6, 6.07) is 10.9. The van der Waals surface area contributed by atoms with Crippen LogP contribution in [-0.4, -0.2) is 33.5 Å². The van der Waals surface area contributed by atoms with Gasteiger partial charge in [-0.3, -0.25) is 9.52 Å². The number of sulfonamides is 1. The van der Waals surface area contributed by atoms with Crippen LogP contribution in [0.4, 0.5) is 10.1 Å². The maximum Gasteiger partial charge on any atom is 0.261 e. The quantitative estimate of drug-likeness (QED) is 0.703. The third kappa shape index (κ3) is 5.66. The van der Waals surface area contributed by atoms with E-state index in [9.17, 15) is 17.6 Å². The molecule has 1 aliphatic rings. The molecule has 27 heavy (non-hydrogen) atoms. The van der Waals surface area contributed by atoms with Crippen molar-refractivity contribution in [1.29, 1.82) is 0 Å². The van der Waals surface area contributed by atoms with Gasteiger partial charge in [0.1, 0.15) is 5.82 Å². The molecule has 0 aliphatic carbocycles. The van der Waals surface area contributed by atoms with E-state index in [-0.39, 0.29) is 34.9 Å².